The molecule has 0 spiro atoms. The second-order valence-corrected chi connectivity index (χ2v) is 6.24. The van der Waals surface area contributed by atoms with Gasteiger partial charge in [-0.2, -0.15) is 0 Å². The predicted octanol–water partition coefficient (Wildman–Crippen LogP) is 1.82. The summed E-state index contributed by atoms with van der Waals surface area (Å²) in [6.07, 6.45) is 4.98. The van der Waals surface area contributed by atoms with Gasteiger partial charge < -0.3 is 14.9 Å². The smallest absolute Gasteiger partial charge is 0.303 e. The first-order chi connectivity index (χ1) is 9.40. The number of aliphatic carboxylic acids is 1. The molecule has 0 heterocycles. The molecule has 0 aromatic carbocycles. The molecule has 1 aliphatic rings. The third kappa shape index (κ3) is 5.90. The van der Waals surface area contributed by atoms with E-state index >= 15 is 0 Å². The molecular weight excluding hydrogens is 256 g/mol. The highest BCUT2D eigenvalue weighted by Crippen LogP contribution is 2.25. The van der Waals surface area contributed by atoms with Crippen LogP contribution in [0.1, 0.15) is 45.4 Å². The molecule has 0 bridgehead atoms. The highest BCUT2D eigenvalue weighted by molar-refractivity contribution is 5.77. The van der Waals surface area contributed by atoms with Crippen LogP contribution in [0.25, 0.3) is 0 Å². The fraction of sp³-hybridized carbons (Fsp3) is 0.867. The zero-order valence-corrected chi connectivity index (χ0v) is 13.0. The molecule has 1 fully saturated rings. The maximum absolute atomic E-state index is 12.4. The molecule has 1 aliphatic carbocycles. The number of carboxylic acids is 1. The lowest BCUT2D eigenvalue weighted by Gasteiger charge is -2.31. The van der Waals surface area contributed by atoms with Gasteiger partial charge in [0, 0.05) is 32.0 Å². The maximum atomic E-state index is 12.4. The number of hydrogen-bond donors (Lipinski definition) is 1. The van der Waals surface area contributed by atoms with Gasteiger partial charge in [-0.3, -0.25) is 9.59 Å². The molecule has 0 aromatic rings. The molecule has 1 N–H and O–H groups in total. The van der Waals surface area contributed by atoms with Crippen LogP contribution in [0.2, 0.25) is 0 Å². The van der Waals surface area contributed by atoms with Gasteiger partial charge in [0.15, 0.2) is 0 Å². The molecule has 0 saturated heterocycles. The van der Waals surface area contributed by atoms with Gasteiger partial charge >= 0.3 is 5.97 Å². The van der Waals surface area contributed by atoms with Crippen molar-refractivity contribution in [2.24, 2.45) is 5.92 Å². The number of carboxylic acid groups (broad SMARTS) is 1. The lowest BCUT2D eigenvalue weighted by molar-refractivity contribution is -0.139. The van der Waals surface area contributed by atoms with E-state index in [1.54, 1.807) is 0 Å². The second-order valence-electron chi connectivity index (χ2n) is 6.24. The summed E-state index contributed by atoms with van der Waals surface area (Å²) in [5.74, 6) is -0.804. The van der Waals surface area contributed by atoms with Crippen molar-refractivity contribution >= 4 is 11.9 Å². The van der Waals surface area contributed by atoms with Crippen LogP contribution in [0.15, 0.2) is 0 Å². The molecule has 0 aromatic heterocycles. The number of nitrogens with zero attached hydrogens (tertiary/aromatic N) is 2. The zero-order valence-electron chi connectivity index (χ0n) is 13.0. The Labute approximate surface area is 121 Å². The van der Waals surface area contributed by atoms with Crippen LogP contribution in [0.5, 0.6) is 0 Å². The number of carbonyl (C=O) groups is 2. The summed E-state index contributed by atoms with van der Waals surface area (Å²) >= 11 is 0. The van der Waals surface area contributed by atoms with Gasteiger partial charge in [0.25, 0.3) is 0 Å². The van der Waals surface area contributed by atoms with Crippen molar-refractivity contribution in [1.82, 2.24) is 9.80 Å². The van der Waals surface area contributed by atoms with Crippen molar-refractivity contribution in [3.05, 3.63) is 0 Å². The van der Waals surface area contributed by atoms with E-state index in [4.69, 9.17) is 5.11 Å². The van der Waals surface area contributed by atoms with E-state index in [1.807, 2.05) is 25.9 Å². The predicted molar refractivity (Wildman–Crippen MR) is 78.6 cm³/mol. The molecular formula is C15H28N2O3. The number of amides is 1. The first-order valence-corrected chi connectivity index (χ1v) is 7.56. The van der Waals surface area contributed by atoms with Crippen LogP contribution in [-0.4, -0.2) is 60.0 Å². The molecule has 0 aliphatic heterocycles. The third-order valence-electron chi connectivity index (χ3n) is 3.92. The molecule has 1 atom stereocenters. The normalized spacial score (nSPS) is 17.4. The van der Waals surface area contributed by atoms with Gasteiger partial charge in [0.1, 0.15) is 0 Å². The molecule has 1 amide bonds. The summed E-state index contributed by atoms with van der Waals surface area (Å²) in [6, 6.07) is 0.361. The zero-order chi connectivity index (χ0) is 15.1. The SMILES string of the molecule is CC(CC(=O)O)CC(=O)N(CCN(C)C)C1CCCC1. The van der Waals surface area contributed by atoms with E-state index in [1.165, 1.54) is 12.8 Å². The molecule has 1 saturated carbocycles. The van der Waals surface area contributed by atoms with Crippen LogP contribution < -0.4 is 0 Å². The Bertz CT molecular complexity index is 325. The molecule has 1 unspecified atom stereocenters. The summed E-state index contributed by atoms with van der Waals surface area (Å²) in [4.78, 5) is 27.2. The summed E-state index contributed by atoms with van der Waals surface area (Å²) in [6.45, 7) is 3.44. The summed E-state index contributed by atoms with van der Waals surface area (Å²) in [5, 5.41) is 8.79. The molecule has 1 rings (SSSR count). The Morgan fingerprint density at radius 2 is 1.75 bits per heavy atom. The standard InChI is InChI=1S/C15H28N2O3/c1-12(11-15(19)20)10-14(18)17(9-8-16(2)3)13-6-4-5-7-13/h12-13H,4-11H2,1-3H3,(H,19,20). The average molecular weight is 284 g/mol. The fourth-order valence-corrected chi connectivity index (χ4v) is 2.82. The summed E-state index contributed by atoms with van der Waals surface area (Å²) in [5.41, 5.74) is 0. The number of carbonyl (C=O) groups excluding carboxylic acids is 1. The average Bonchev–Trinajstić information content (AvgIpc) is 2.80. The van der Waals surface area contributed by atoms with E-state index in [0.29, 0.717) is 12.5 Å². The van der Waals surface area contributed by atoms with Crippen molar-refractivity contribution in [2.75, 3.05) is 27.2 Å². The molecule has 20 heavy (non-hydrogen) atoms. The maximum Gasteiger partial charge on any atom is 0.303 e. The fourth-order valence-electron chi connectivity index (χ4n) is 2.82. The van der Waals surface area contributed by atoms with Gasteiger partial charge in [-0.15, -0.1) is 0 Å². The number of hydrogen-bond acceptors (Lipinski definition) is 3. The van der Waals surface area contributed by atoms with E-state index < -0.39 is 5.97 Å². The minimum Gasteiger partial charge on any atom is -0.481 e. The molecule has 5 heteroatoms. The largest absolute Gasteiger partial charge is 0.481 e. The van der Waals surface area contributed by atoms with E-state index in [-0.39, 0.29) is 18.2 Å². The van der Waals surface area contributed by atoms with Crippen LogP contribution in [0, 0.1) is 5.92 Å². The second kappa shape index (κ2) is 8.25. The van der Waals surface area contributed by atoms with Crippen LogP contribution in [0.3, 0.4) is 0 Å². The van der Waals surface area contributed by atoms with Crippen LogP contribution in [-0.2, 0) is 9.59 Å². The minimum absolute atomic E-state index is 0.0674. The van der Waals surface area contributed by atoms with E-state index in [0.717, 1.165) is 25.9 Å². The van der Waals surface area contributed by atoms with Crippen molar-refractivity contribution in [3.63, 3.8) is 0 Å². The first-order valence-electron chi connectivity index (χ1n) is 7.56. The summed E-state index contributed by atoms with van der Waals surface area (Å²) in [7, 11) is 4.01. The monoisotopic (exact) mass is 284 g/mol. The van der Waals surface area contributed by atoms with Gasteiger partial charge in [-0.05, 0) is 32.9 Å². The van der Waals surface area contributed by atoms with Gasteiger partial charge in [-0.1, -0.05) is 19.8 Å². The molecule has 116 valence electrons. The van der Waals surface area contributed by atoms with Gasteiger partial charge in [-0.25, -0.2) is 0 Å². The van der Waals surface area contributed by atoms with Crippen LogP contribution >= 0.6 is 0 Å². The Kier molecular flexibility index (Phi) is 6.99. The molecule has 5 nitrogen and oxygen atoms in total. The lowest BCUT2D eigenvalue weighted by Crippen LogP contribution is -2.43. The van der Waals surface area contributed by atoms with E-state index in [9.17, 15) is 9.59 Å². The van der Waals surface area contributed by atoms with E-state index in [2.05, 4.69) is 4.90 Å². The Hall–Kier alpha value is -1.10. The van der Waals surface area contributed by atoms with Gasteiger partial charge in [0.05, 0.1) is 0 Å². The van der Waals surface area contributed by atoms with Crippen molar-refractivity contribution in [2.45, 2.75) is 51.5 Å². The first kappa shape index (κ1) is 17.0. The van der Waals surface area contributed by atoms with Crippen molar-refractivity contribution < 1.29 is 14.7 Å². The Morgan fingerprint density at radius 3 is 2.25 bits per heavy atom. The third-order valence-corrected chi connectivity index (χ3v) is 3.92. The molecule has 0 radical (unpaired) electrons. The van der Waals surface area contributed by atoms with Crippen molar-refractivity contribution in [3.8, 4) is 0 Å². The topological polar surface area (TPSA) is 60.9 Å². The highest BCUT2D eigenvalue weighted by atomic mass is 16.4. The van der Waals surface area contributed by atoms with Crippen LogP contribution in [0.4, 0.5) is 0 Å². The lowest BCUT2D eigenvalue weighted by atomic mass is 10.0. The minimum atomic E-state index is -0.828. The Balaban J connectivity index is 2.56. The highest BCUT2D eigenvalue weighted by Gasteiger charge is 2.27. The quantitative estimate of drug-likeness (QED) is 0.738. The summed E-state index contributed by atoms with van der Waals surface area (Å²) < 4.78 is 0. The number of rotatable bonds is 8. The van der Waals surface area contributed by atoms with Gasteiger partial charge in [0.2, 0.25) is 5.91 Å². The Morgan fingerprint density at radius 1 is 1.15 bits per heavy atom. The van der Waals surface area contributed by atoms with Crippen molar-refractivity contribution in [1.29, 1.82) is 0 Å². The number of likely N-dealkylation sites (N-methyl/N-ethyl adjacent to an activating group) is 1.